The summed E-state index contributed by atoms with van der Waals surface area (Å²) in [6.07, 6.45) is 0. The van der Waals surface area contributed by atoms with E-state index in [2.05, 4.69) is 4.74 Å². The smallest absolute Gasteiger partial charge is 0.302 e. The number of esters is 1. The van der Waals surface area contributed by atoms with Gasteiger partial charge in [-0.2, -0.15) is 0 Å². The maximum Gasteiger partial charge on any atom is 0.302 e. The van der Waals surface area contributed by atoms with Gasteiger partial charge >= 0.3 is 5.97 Å². The van der Waals surface area contributed by atoms with Gasteiger partial charge in [0, 0.05) is 23.7 Å². The summed E-state index contributed by atoms with van der Waals surface area (Å²) in [5.74, 6) is -0.353. The van der Waals surface area contributed by atoms with Gasteiger partial charge < -0.3 is 9.84 Å². The number of aliphatic hydroxyl groups is 1. The maximum atomic E-state index is 9.87. The second-order valence-electron chi connectivity index (χ2n) is 1.06. The molecule has 0 aromatic rings. The molecule has 1 N–H and O–H groups in total. The SMILES string of the molecule is CC(=O)OCCO.[Co]. The zero-order chi connectivity index (χ0) is 5.70. The van der Waals surface area contributed by atoms with Crippen molar-refractivity contribution in [3.63, 3.8) is 0 Å². The first kappa shape index (κ1) is 10.8. The van der Waals surface area contributed by atoms with E-state index < -0.39 is 0 Å². The van der Waals surface area contributed by atoms with E-state index >= 15 is 0 Å². The molecule has 0 rings (SSSR count). The zero-order valence-electron chi connectivity index (χ0n) is 4.51. The second kappa shape index (κ2) is 6.94. The Morgan fingerprint density at radius 2 is 2.25 bits per heavy atom. The van der Waals surface area contributed by atoms with Crippen LogP contribution in [0.3, 0.4) is 0 Å². The zero-order valence-corrected chi connectivity index (χ0v) is 5.55. The Morgan fingerprint density at radius 3 is 2.38 bits per heavy atom. The summed E-state index contributed by atoms with van der Waals surface area (Å²) >= 11 is 0. The number of carbonyl (C=O) groups is 1. The Hall–Kier alpha value is -0.0635. The fourth-order valence-corrected chi connectivity index (χ4v) is 0.189. The largest absolute Gasteiger partial charge is 0.463 e. The molecule has 0 aliphatic heterocycles. The average Bonchev–Trinajstić information content (AvgIpc) is 1.61. The third-order valence-electron chi connectivity index (χ3n) is 0.397. The predicted molar refractivity (Wildman–Crippen MR) is 23.7 cm³/mol. The van der Waals surface area contributed by atoms with Gasteiger partial charge in [-0.3, -0.25) is 4.79 Å². The van der Waals surface area contributed by atoms with Crippen LogP contribution in [0.15, 0.2) is 0 Å². The Morgan fingerprint density at radius 1 is 1.75 bits per heavy atom. The Kier molecular flexibility index (Phi) is 9.40. The molecule has 0 aliphatic carbocycles. The van der Waals surface area contributed by atoms with Crippen molar-refractivity contribution in [2.24, 2.45) is 0 Å². The van der Waals surface area contributed by atoms with Crippen molar-refractivity contribution in [1.82, 2.24) is 0 Å². The van der Waals surface area contributed by atoms with E-state index in [0.29, 0.717) is 0 Å². The summed E-state index contributed by atoms with van der Waals surface area (Å²) < 4.78 is 4.30. The minimum absolute atomic E-state index is 0. The van der Waals surface area contributed by atoms with Crippen molar-refractivity contribution in [1.29, 1.82) is 0 Å². The van der Waals surface area contributed by atoms with Crippen LogP contribution in [-0.4, -0.2) is 24.3 Å². The maximum absolute atomic E-state index is 9.87. The van der Waals surface area contributed by atoms with Crippen LogP contribution >= 0.6 is 0 Å². The van der Waals surface area contributed by atoms with Gasteiger partial charge in [0.2, 0.25) is 0 Å². The number of hydrogen-bond acceptors (Lipinski definition) is 3. The Balaban J connectivity index is 0. The third-order valence-corrected chi connectivity index (χ3v) is 0.397. The summed E-state index contributed by atoms with van der Waals surface area (Å²) in [5.41, 5.74) is 0. The van der Waals surface area contributed by atoms with Gasteiger partial charge in [0.25, 0.3) is 0 Å². The minimum atomic E-state index is -0.353. The van der Waals surface area contributed by atoms with Crippen LogP contribution in [0.25, 0.3) is 0 Å². The van der Waals surface area contributed by atoms with E-state index in [1.165, 1.54) is 6.92 Å². The van der Waals surface area contributed by atoms with Crippen LogP contribution < -0.4 is 0 Å². The van der Waals surface area contributed by atoms with Crippen LogP contribution in [0.1, 0.15) is 6.92 Å². The van der Waals surface area contributed by atoms with Crippen molar-refractivity contribution in [2.45, 2.75) is 6.92 Å². The molecule has 1 radical (unpaired) electrons. The van der Waals surface area contributed by atoms with Crippen LogP contribution in [0.2, 0.25) is 0 Å². The Labute approximate surface area is 58.2 Å². The summed E-state index contributed by atoms with van der Waals surface area (Å²) in [6.45, 7) is 1.31. The van der Waals surface area contributed by atoms with E-state index in [1.807, 2.05) is 0 Å². The van der Waals surface area contributed by atoms with E-state index in [9.17, 15) is 4.79 Å². The fourth-order valence-electron chi connectivity index (χ4n) is 0.189. The van der Waals surface area contributed by atoms with E-state index in [4.69, 9.17) is 5.11 Å². The second-order valence-corrected chi connectivity index (χ2v) is 1.06. The van der Waals surface area contributed by atoms with Crippen LogP contribution in [0.5, 0.6) is 0 Å². The van der Waals surface area contributed by atoms with Crippen LogP contribution in [0.4, 0.5) is 0 Å². The molecular weight excluding hydrogens is 155 g/mol. The number of carbonyl (C=O) groups excluding carboxylic acids is 1. The molecule has 8 heavy (non-hydrogen) atoms. The first-order valence-corrected chi connectivity index (χ1v) is 2.01. The van der Waals surface area contributed by atoms with Crippen molar-refractivity contribution in [2.75, 3.05) is 13.2 Å². The van der Waals surface area contributed by atoms with Gasteiger partial charge in [0.05, 0.1) is 6.61 Å². The topological polar surface area (TPSA) is 46.5 Å². The molecular formula is C4H8CoO3. The average molecular weight is 163 g/mol. The fraction of sp³-hybridized carbons (Fsp3) is 0.750. The molecule has 0 atom stereocenters. The predicted octanol–water partition coefficient (Wildman–Crippen LogP) is -0.461. The van der Waals surface area contributed by atoms with Gasteiger partial charge in [-0.25, -0.2) is 0 Å². The molecule has 0 aromatic carbocycles. The number of aliphatic hydroxyl groups excluding tert-OH is 1. The van der Waals surface area contributed by atoms with Gasteiger partial charge in [0.15, 0.2) is 0 Å². The quantitative estimate of drug-likeness (QED) is 0.560. The van der Waals surface area contributed by atoms with Crippen molar-refractivity contribution >= 4 is 5.97 Å². The van der Waals surface area contributed by atoms with E-state index in [1.54, 1.807) is 0 Å². The van der Waals surface area contributed by atoms with Crippen LogP contribution in [0, 0.1) is 0 Å². The summed E-state index contributed by atoms with van der Waals surface area (Å²) in [5, 5.41) is 8.04. The first-order chi connectivity index (χ1) is 3.27. The van der Waals surface area contributed by atoms with Crippen molar-refractivity contribution in [3.05, 3.63) is 0 Å². The van der Waals surface area contributed by atoms with E-state index in [-0.39, 0.29) is 36.0 Å². The minimum Gasteiger partial charge on any atom is -0.463 e. The molecule has 0 fully saturated rings. The van der Waals surface area contributed by atoms with Gasteiger partial charge in [-0.15, -0.1) is 0 Å². The monoisotopic (exact) mass is 163 g/mol. The molecule has 51 valence electrons. The van der Waals surface area contributed by atoms with Crippen molar-refractivity contribution < 1.29 is 31.4 Å². The molecule has 0 unspecified atom stereocenters. The summed E-state index contributed by atoms with van der Waals surface area (Å²) in [4.78, 5) is 9.87. The molecule has 3 nitrogen and oxygen atoms in total. The Bertz CT molecular complexity index is 64.3. The molecule has 0 spiro atoms. The number of rotatable bonds is 2. The number of hydrogen-bond donors (Lipinski definition) is 1. The molecule has 0 aliphatic rings. The normalized spacial score (nSPS) is 7.25. The van der Waals surface area contributed by atoms with Gasteiger partial charge in [-0.05, 0) is 0 Å². The van der Waals surface area contributed by atoms with Gasteiger partial charge in [0.1, 0.15) is 6.61 Å². The summed E-state index contributed by atoms with van der Waals surface area (Å²) in [6, 6.07) is 0. The molecule has 0 amide bonds. The number of ether oxygens (including phenoxy) is 1. The standard InChI is InChI=1S/C4H8O3.Co/c1-4(6)7-3-2-5;/h5H,2-3H2,1H3;. The molecule has 4 heteroatoms. The molecule has 0 saturated carbocycles. The summed E-state index contributed by atoms with van der Waals surface area (Å²) in [7, 11) is 0. The molecule has 0 heterocycles. The van der Waals surface area contributed by atoms with Gasteiger partial charge in [-0.1, -0.05) is 0 Å². The molecule has 0 bridgehead atoms. The molecule has 0 saturated heterocycles. The van der Waals surface area contributed by atoms with Crippen molar-refractivity contribution in [3.8, 4) is 0 Å². The van der Waals surface area contributed by atoms with Crippen LogP contribution in [-0.2, 0) is 26.3 Å². The van der Waals surface area contributed by atoms with E-state index in [0.717, 1.165) is 0 Å². The first-order valence-electron chi connectivity index (χ1n) is 2.01. The molecule has 0 aromatic heterocycles. The third kappa shape index (κ3) is 9.34.